The van der Waals surface area contributed by atoms with E-state index in [0.29, 0.717) is 12.8 Å². The summed E-state index contributed by atoms with van der Waals surface area (Å²) >= 11 is 0. The third-order valence-electron chi connectivity index (χ3n) is 6.53. The first-order valence-electron chi connectivity index (χ1n) is 13.5. The minimum absolute atomic E-state index is 0.0929. The van der Waals surface area contributed by atoms with Gasteiger partial charge in [0, 0.05) is 6.54 Å². The van der Waals surface area contributed by atoms with Crippen LogP contribution in [0.15, 0.2) is 0 Å². The molecule has 0 spiro atoms. The van der Waals surface area contributed by atoms with Crippen molar-refractivity contribution in [2.45, 2.75) is 145 Å². The summed E-state index contributed by atoms with van der Waals surface area (Å²) in [7, 11) is 0. The maximum Gasteiger partial charge on any atom is 0.460 e. The number of alkyl halides is 13. The highest BCUT2D eigenvalue weighted by Crippen LogP contribution is 2.60. The minimum atomic E-state index is -8.01. The van der Waals surface area contributed by atoms with Gasteiger partial charge in [0.05, 0.1) is 0 Å². The largest absolute Gasteiger partial charge is 0.460 e. The van der Waals surface area contributed by atoms with Crippen LogP contribution in [0.3, 0.4) is 0 Å². The quantitative estimate of drug-likeness (QED) is 0.0953. The monoisotopic (exact) mass is 615 g/mol. The Balaban J connectivity index is 4.41. The van der Waals surface area contributed by atoms with Crippen LogP contribution in [0.1, 0.15) is 110 Å². The van der Waals surface area contributed by atoms with E-state index in [-0.39, 0.29) is 6.42 Å². The number of hydrogen-bond donors (Lipinski definition) is 1. The molecule has 0 saturated heterocycles. The first kappa shape index (κ1) is 38.6. The number of hydrogen-bond acceptors (Lipinski definition) is 1. The summed E-state index contributed by atoms with van der Waals surface area (Å²) in [4.78, 5) is 11.4. The number of nitrogens with one attached hydrogen (secondary N) is 1. The van der Waals surface area contributed by atoms with Crippen molar-refractivity contribution in [3.8, 4) is 0 Å². The van der Waals surface area contributed by atoms with Crippen molar-refractivity contribution in [3.05, 3.63) is 0 Å². The molecule has 0 aromatic rings. The zero-order chi connectivity index (χ0) is 31.3. The summed E-state index contributed by atoms with van der Waals surface area (Å²) in [6.45, 7) is 1.39. The van der Waals surface area contributed by atoms with E-state index in [2.05, 4.69) is 6.92 Å². The number of carbonyl (C=O) groups excluding carboxylic acids is 1. The second-order valence-corrected chi connectivity index (χ2v) is 9.93. The highest BCUT2D eigenvalue weighted by atomic mass is 19.4. The molecule has 0 heterocycles. The van der Waals surface area contributed by atoms with Gasteiger partial charge in [-0.2, -0.15) is 57.1 Å². The molecule has 0 aliphatic rings. The van der Waals surface area contributed by atoms with Gasteiger partial charge < -0.3 is 5.32 Å². The second-order valence-electron chi connectivity index (χ2n) is 9.93. The van der Waals surface area contributed by atoms with Crippen molar-refractivity contribution in [2.75, 3.05) is 6.54 Å². The molecule has 0 aromatic carbocycles. The molecule has 0 bridgehead atoms. The van der Waals surface area contributed by atoms with Crippen molar-refractivity contribution in [2.24, 2.45) is 0 Å². The van der Waals surface area contributed by atoms with Crippen LogP contribution in [0.4, 0.5) is 57.1 Å². The van der Waals surface area contributed by atoms with Crippen LogP contribution in [0.25, 0.3) is 0 Å². The maximum absolute atomic E-state index is 13.7. The fourth-order valence-electron chi connectivity index (χ4n) is 3.90. The number of halogens is 13. The van der Waals surface area contributed by atoms with Gasteiger partial charge in [0.1, 0.15) is 0 Å². The molecule has 0 atom stereocenters. The average molecular weight is 616 g/mol. The third kappa shape index (κ3) is 9.84. The summed E-state index contributed by atoms with van der Waals surface area (Å²) < 4.78 is 170. The Morgan fingerprint density at radius 1 is 0.450 bits per heavy atom. The molecule has 15 heteroatoms. The minimum Gasteiger partial charge on any atom is -0.351 e. The lowest BCUT2D eigenvalue weighted by atomic mass is 9.93. The Kier molecular flexibility index (Phi) is 15.7. The van der Waals surface area contributed by atoms with Gasteiger partial charge in [0.2, 0.25) is 0 Å². The highest BCUT2D eigenvalue weighted by Gasteiger charge is 2.91. The average Bonchev–Trinajstić information content (AvgIpc) is 2.84. The van der Waals surface area contributed by atoms with E-state index in [1.165, 1.54) is 44.9 Å². The van der Waals surface area contributed by atoms with E-state index in [1.54, 1.807) is 0 Å². The molecule has 0 radical (unpaired) electrons. The van der Waals surface area contributed by atoms with Crippen LogP contribution in [0.2, 0.25) is 0 Å². The molecule has 0 fully saturated rings. The first-order valence-corrected chi connectivity index (χ1v) is 13.5. The fourth-order valence-corrected chi connectivity index (χ4v) is 3.90. The van der Waals surface area contributed by atoms with Gasteiger partial charge in [0.15, 0.2) is 0 Å². The highest BCUT2D eigenvalue weighted by molar-refractivity contribution is 5.84. The van der Waals surface area contributed by atoms with Gasteiger partial charge in [0.25, 0.3) is 5.91 Å². The van der Waals surface area contributed by atoms with Crippen LogP contribution in [-0.2, 0) is 4.79 Å². The van der Waals surface area contributed by atoms with Gasteiger partial charge in [-0.25, -0.2) is 0 Å². The summed E-state index contributed by atoms with van der Waals surface area (Å²) in [6, 6.07) is 0. The number of rotatable bonds is 22. The van der Waals surface area contributed by atoms with Gasteiger partial charge in [-0.3, -0.25) is 4.79 Å². The molecule has 240 valence electrons. The van der Waals surface area contributed by atoms with E-state index in [4.69, 9.17) is 0 Å². The fraction of sp³-hybridized carbons (Fsp3) is 0.960. The molecule has 0 aromatic heterocycles. The van der Waals surface area contributed by atoms with Crippen molar-refractivity contribution in [1.82, 2.24) is 5.32 Å². The molecule has 1 N–H and O–H groups in total. The van der Waals surface area contributed by atoms with Gasteiger partial charge in [-0.05, 0) is 6.42 Å². The number of carbonyl (C=O) groups is 1. The summed E-state index contributed by atoms with van der Waals surface area (Å²) in [5, 5.41) is 1.11. The maximum atomic E-state index is 13.7. The molecular weight excluding hydrogens is 577 g/mol. The summed E-state index contributed by atoms with van der Waals surface area (Å²) in [5.74, 6) is -41.3. The van der Waals surface area contributed by atoms with E-state index in [0.717, 1.165) is 43.8 Å². The van der Waals surface area contributed by atoms with Gasteiger partial charge >= 0.3 is 35.8 Å². The van der Waals surface area contributed by atoms with Gasteiger partial charge in [-0.1, -0.05) is 103 Å². The molecular formula is C25H38F13NO. The predicted octanol–water partition coefficient (Wildman–Crippen LogP) is 10.1. The standard InChI is InChI=1S/C25H38F13NO/c1-2-3-4-5-6-7-8-9-10-11-12-13-14-15-16-17-18-39-19(40)20(26,27)21(28,29)22(30,31)23(32,33)24(34,35)25(36,37)38/h2-18H2,1H3,(H,39,40). The van der Waals surface area contributed by atoms with E-state index >= 15 is 0 Å². The van der Waals surface area contributed by atoms with Crippen molar-refractivity contribution in [1.29, 1.82) is 0 Å². The van der Waals surface area contributed by atoms with Crippen LogP contribution in [-0.4, -0.2) is 48.2 Å². The molecule has 0 aliphatic heterocycles. The molecule has 1 amide bonds. The van der Waals surface area contributed by atoms with Crippen LogP contribution in [0.5, 0.6) is 0 Å². The molecule has 2 nitrogen and oxygen atoms in total. The second kappa shape index (κ2) is 16.3. The lowest BCUT2D eigenvalue weighted by molar-refractivity contribution is -0.436. The lowest BCUT2D eigenvalue weighted by Gasteiger charge is -2.39. The Morgan fingerprint density at radius 3 is 1.07 bits per heavy atom. The first-order chi connectivity index (χ1) is 18.2. The van der Waals surface area contributed by atoms with Crippen molar-refractivity contribution in [3.63, 3.8) is 0 Å². The smallest absolute Gasteiger partial charge is 0.351 e. The van der Waals surface area contributed by atoms with Gasteiger partial charge in [-0.15, -0.1) is 0 Å². The van der Waals surface area contributed by atoms with Crippen LogP contribution in [0, 0.1) is 0 Å². The topological polar surface area (TPSA) is 29.1 Å². The SMILES string of the molecule is CCCCCCCCCCCCCCCCCCNC(=O)C(F)(F)C(F)(F)C(F)(F)C(F)(F)C(F)(F)C(F)(F)F. The van der Waals surface area contributed by atoms with Crippen molar-refractivity contribution >= 4 is 5.91 Å². The summed E-state index contributed by atoms with van der Waals surface area (Å²) in [5.41, 5.74) is 0. The number of unbranched alkanes of at least 4 members (excludes halogenated alkanes) is 15. The van der Waals surface area contributed by atoms with E-state index < -0.39 is 48.2 Å². The zero-order valence-corrected chi connectivity index (χ0v) is 22.3. The predicted molar refractivity (Wildman–Crippen MR) is 123 cm³/mol. The lowest BCUT2D eigenvalue weighted by Crippen LogP contribution is -2.72. The van der Waals surface area contributed by atoms with Crippen molar-refractivity contribution < 1.29 is 61.9 Å². The summed E-state index contributed by atoms with van der Waals surface area (Å²) in [6.07, 6.45) is 7.73. The Morgan fingerprint density at radius 2 is 0.750 bits per heavy atom. The number of amides is 1. The molecule has 40 heavy (non-hydrogen) atoms. The van der Waals surface area contributed by atoms with Crippen LogP contribution >= 0.6 is 0 Å². The Bertz CT molecular complexity index is 724. The normalized spacial score (nSPS) is 14.1. The van der Waals surface area contributed by atoms with E-state index in [9.17, 15) is 61.9 Å². The van der Waals surface area contributed by atoms with E-state index in [1.807, 2.05) is 0 Å². The Hall–Kier alpha value is -1.44. The molecule has 0 rings (SSSR count). The zero-order valence-electron chi connectivity index (χ0n) is 22.3. The molecule has 0 saturated carbocycles. The third-order valence-corrected chi connectivity index (χ3v) is 6.53. The molecule has 0 unspecified atom stereocenters. The van der Waals surface area contributed by atoms with Crippen LogP contribution < -0.4 is 5.32 Å². The Labute approximate surface area is 225 Å². The molecule has 0 aliphatic carbocycles.